The second-order valence-corrected chi connectivity index (χ2v) is 5.87. The Morgan fingerprint density at radius 2 is 2.05 bits per heavy atom. The summed E-state index contributed by atoms with van der Waals surface area (Å²) in [4.78, 5) is 11.9. The molecule has 0 aromatic heterocycles. The summed E-state index contributed by atoms with van der Waals surface area (Å²) in [5, 5.41) is 12.7. The third-order valence-corrected chi connectivity index (χ3v) is 4.15. The van der Waals surface area contributed by atoms with Crippen LogP contribution in [-0.2, 0) is 4.79 Å². The molecule has 0 radical (unpaired) electrons. The van der Waals surface area contributed by atoms with Gasteiger partial charge in [-0.15, -0.1) is 0 Å². The van der Waals surface area contributed by atoms with E-state index in [1.165, 1.54) is 11.1 Å². The SMILES string of the molecule is Cc1ccc(OCCC(=O)NC2CCCCC2O)cc1C. The van der Waals surface area contributed by atoms with Crippen molar-refractivity contribution >= 4 is 5.91 Å². The minimum absolute atomic E-state index is 0.0511. The van der Waals surface area contributed by atoms with Crippen molar-refractivity contribution in [2.24, 2.45) is 0 Å². The van der Waals surface area contributed by atoms with E-state index in [0.717, 1.165) is 31.4 Å². The molecule has 0 aliphatic heterocycles. The molecule has 1 fully saturated rings. The molecule has 1 aliphatic carbocycles. The molecule has 116 valence electrons. The van der Waals surface area contributed by atoms with Gasteiger partial charge in [-0.2, -0.15) is 0 Å². The van der Waals surface area contributed by atoms with E-state index in [0.29, 0.717) is 13.0 Å². The van der Waals surface area contributed by atoms with Crippen LogP contribution in [0.2, 0.25) is 0 Å². The Hall–Kier alpha value is -1.55. The molecule has 0 bridgehead atoms. The lowest BCUT2D eigenvalue weighted by molar-refractivity contribution is -0.123. The molecule has 0 heterocycles. The first-order valence-corrected chi connectivity index (χ1v) is 7.74. The van der Waals surface area contributed by atoms with Crippen LogP contribution in [0.15, 0.2) is 18.2 Å². The van der Waals surface area contributed by atoms with Crippen molar-refractivity contribution in [2.75, 3.05) is 6.61 Å². The first-order valence-electron chi connectivity index (χ1n) is 7.74. The molecule has 1 aliphatic rings. The minimum Gasteiger partial charge on any atom is -0.493 e. The number of hydrogen-bond acceptors (Lipinski definition) is 3. The second-order valence-electron chi connectivity index (χ2n) is 5.87. The third kappa shape index (κ3) is 4.74. The number of ether oxygens (including phenoxy) is 1. The Balaban J connectivity index is 1.72. The van der Waals surface area contributed by atoms with Crippen LogP contribution >= 0.6 is 0 Å². The van der Waals surface area contributed by atoms with Crippen LogP contribution in [0.5, 0.6) is 5.75 Å². The van der Waals surface area contributed by atoms with Crippen LogP contribution in [-0.4, -0.2) is 29.8 Å². The van der Waals surface area contributed by atoms with Crippen molar-refractivity contribution < 1.29 is 14.6 Å². The second kappa shape index (κ2) is 7.46. The van der Waals surface area contributed by atoms with Gasteiger partial charge in [0.1, 0.15) is 5.75 Å². The molecule has 1 aromatic carbocycles. The van der Waals surface area contributed by atoms with E-state index in [1.807, 2.05) is 25.1 Å². The molecule has 0 saturated heterocycles. The number of hydrogen-bond donors (Lipinski definition) is 2. The summed E-state index contributed by atoms with van der Waals surface area (Å²) >= 11 is 0. The first kappa shape index (κ1) is 15.8. The van der Waals surface area contributed by atoms with E-state index >= 15 is 0 Å². The van der Waals surface area contributed by atoms with Crippen molar-refractivity contribution in [3.8, 4) is 5.75 Å². The Kier molecular flexibility index (Phi) is 5.62. The van der Waals surface area contributed by atoms with Crippen LogP contribution in [0.25, 0.3) is 0 Å². The van der Waals surface area contributed by atoms with Gasteiger partial charge in [0.2, 0.25) is 5.91 Å². The highest BCUT2D eigenvalue weighted by molar-refractivity contribution is 5.76. The minimum atomic E-state index is -0.400. The molecule has 1 amide bonds. The molecular formula is C17H25NO3. The van der Waals surface area contributed by atoms with Crippen LogP contribution in [0.1, 0.15) is 43.2 Å². The van der Waals surface area contributed by atoms with Gasteiger partial charge in [-0.05, 0) is 49.9 Å². The van der Waals surface area contributed by atoms with Gasteiger partial charge in [-0.3, -0.25) is 4.79 Å². The van der Waals surface area contributed by atoms with Crippen molar-refractivity contribution in [1.82, 2.24) is 5.32 Å². The summed E-state index contributed by atoms with van der Waals surface area (Å²) in [6.07, 6.45) is 3.68. The fraction of sp³-hybridized carbons (Fsp3) is 0.588. The maximum atomic E-state index is 11.9. The number of rotatable bonds is 5. The largest absolute Gasteiger partial charge is 0.493 e. The molecular weight excluding hydrogens is 266 g/mol. The molecule has 1 saturated carbocycles. The third-order valence-electron chi connectivity index (χ3n) is 4.15. The summed E-state index contributed by atoms with van der Waals surface area (Å²) < 4.78 is 5.61. The molecule has 1 aromatic rings. The Labute approximate surface area is 126 Å². The lowest BCUT2D eigenvalue weighted by atomic mass is 9.92. The highest BCUT2D eigenvalue weighted by Crippen LogP contribution is 2.19. The Morgan fingerprint density at radius 3 is 2.76 bits per heavy atom. The molecule has 2 N–H and O–H groups in total. The zero-order valence-electron chi connectivity index (χ0n) is 12.9. The van der Waals surface area contributed by atoms with Crippen LogP contribution in [0.4, 0.5) is 0 Å². The predicted octanol–water partition coefficient (Wildman–Crippen LogP) is 2.49. The van der Waals surface area contributed by atoms with Gasteiger partial charge in [-0.1, -0.05) is 18.9 Å². The zero-order valence-corrected chi connectivity index (χ0v) is 12.9. The first-order chi connectivity index (χ1) is 10.1. The number of benzene rings is 1. The van der Waals surface area contributed by atoms with Gasteiger partial charge in [0.25, 0.3) is 0 Å². The number of amides is 1. The standard InChI is InChI=1S/C17H25NO3/c1-12-7-8-14(11-13(12)2)21-10-9-17(20)18-15-5-3-4-6-16(15)19/h7-8,11,15-16,19H,3-6,9-10H2,1-2H3,(H,18,20). The van der Waals surface area contributed by atoms with E-state index in [1.54, 1.807) is 0 Å². The van der Waals surface area contributed by atoms with Gasteiger partial charge in [0.05, 0.1) is 25.2 Å². The van der Waals surface area contributed by atoms with Crippen LogP contribution in [0.3, 0.4) is 0 Å². The van der Waals surface area contributed by atoms with Crippen molar-refractivity contribution in [2.45, 2.75) is 58.1 Å². The molecule has 4 nitrogen and oxygen atoms in total. The lowest BCUT2D eigenvalue weighted by Crippen LogP contribution is -2.45. The lowest BCUT2D eigenvalue weighted by Gasteiger charge is -2.28. The normalized spacial score (nSPS) is 21.9. The van der Waals surface area contributed by atoms with Crippen LogP contribution in [0, 0.1) is 13.8 Å². The predicted molar refractivity (Wildman–Crippen MR) is 82.4 cm³/mol. The number of carbonyl (C=O) groups is 1. The Bertz CT molecular complexity index is 487. The van der Waals surface area contributed by atoms with Gasteiger partial charge >= 0.3 is 0 Å². The summed E-state index contributed by atoms with van der Waals surface area (Å²) in [5.41, 5.74) is 2.41. The number of aliphatic hydroxyl groups is 1. The van der Waals surface area contributed by atoms with Gasteiger partial charge in [-0.25, -0.2) is 0 Å². The highest BCUT2D eigenvalue weighted by Gasteiger charge is 2.24. The summed E-state index contributed by atoms with van der Waals surface area (Å²) in [6.45, 7) is 4.46. The topological polar surface area (TPSA) is 58.6 Å². The summed E-state index contributed by atoms with van der Waals surface area (Å²) in [5.74, 6) is 0.744. The number of aliphatic hydroxyl groups excluding tert-OH is 1. The monoisotopic (exact) mass is 291 g/mol. The quantitative estimate of drug-likeness (QED) is 0.876. The fourth-order valence-electron chi connectivity index (χ4n) is 2.62. The number of carbonyl (C=O) groups excluding carboxylic acids is 1. The van der Waals surface area contributed by atoms with Crippen molar-refractivity contribution in [3.05, 3.63) is 29.3 Å². The zero-order chi connectivity index (χ0) is 15.2. The van der Waals surface area contributed by atoms with E-state index in [4.69, 9.17) is 4.74 Å². The van der Waals surface area contributed by atoms with Crippen molar-refractivity contribution in [1.29, 1.82) is 0 Å². The molecule has 0 spiro atoms. The summed E-state index contributed by atoms with van der Waals surface area (Å²) in [7, 11) is 0. The van der Waals surface area contributed by atoms with E-state index in [-0.39, 0.29) is 11.9 Å². The van der Waals surface area contributed by atoms with E-state index in [2.05, 4.69) is 12.2 Å². The molecule has 4 heteroatoms. The van der Waals surface area contributed by atoms with Gasteiger partial charge in [0.15, 0.2) is 0 Å². The highest BCUT2D eigenvalue weighted by atomic mass is 16.5. The fourth-order valence-corrected chi connectivity index (χ4v) is 2.62. The Morgan fingerprint density at radius 1 is 1.29 bits per heavy atom. The van der Waals surface area contributed by atoms with E-state index < -0.39 is 6.10 Å². The average molecular weight is 291 g/mol. The number of nitrogens with one attached hydrogen (secondary N) is 1. The van der Waals surface area contributed by atoms with Gasteiger partial charge < -0.3 is 15.2 Å². The van der Waals surface area contributed by atoms with Crippen molar-refractivity contribution in [3.63, 3.8) is 0 Å². The number of aryl methyl sites for hydroxylation is 2. The molecule has 2 unspecified atom stereocenters. The van der Waals surface area contributed by atoms with Gasteiger partial charge in [0, 0.05) is 0 Å². The maximum Gasteiger partial charge on any atom is 0.223 e. The molecule has 2 rings (SSSR count). The molecule has 21 heavy (non-hydrogen) atoms. The van der Waals surface area contributed by atoms with Crippen LogP contribution < -0.4 is 10.1 Å². The average Bonchev–Trinajstić information content (AvgIpc) is 2.45. The maximum absolute atomic E-state index is 11.9. The summed E-state index contributed by atoms with van der Waals surface area (Å²) in [6, 6.07) is 5.83. The smallest absolute Gasteiger partial charge is 0.223 e. The van der Waals surface area contributed by atoms with E-state index in [9.17, 15) is 9.90 Å². The molecule has 2 atom stereocenters.